The number of fused-ring (bicyclic) bond motifs is 1. The SMILES string of the molecule is O=C(Nc1cn2cc(Oc3ccc([N+](=O)[O-])c(Cl)c3)ccc2n1)C1CC1. The maximum absolute atomic E-state index is 11.8. The van der Waals surface area contributed by atoms with Gasteiger partial charge < -0.3 is 14.5 Å². The van der Waals surface area contributed by atoms with Crippen LogP contribution in [0, 0.1) is 16.0 Å². The summed E-state index contributed by atoms with van der Waals surface area (Å²) in [6.45, 7) is 0. The van der Waals surface area contributed by atoms with Gasteiger partial charge >= 0.3 is 0 Å². The zero-order valence-electron chi connectivity index (χ0n) is 13.4. The van der Waals surface area contributed by atoms with Crippen LogP contribution in [-0.4, -0.2) is 20.2 Å². The van der Waals surface area contributed by atoms with Gasteiger partial charge in [-0.15, -0.1) is 0 Å². The number of imidazole rings is 1. The van der Waals surface area contributed by atoms with Crippen molar-refractivity contribution in [2.75, 3.05) is 5.32 Å². The molecule has 8 nitrogen and oxygen atoms in total. The Morgan fingerprint density at radius 3 is 2.73 bits per heavy atom. The fourth-order valence-corrected chi connectivity index (χ4v) is 2.74. The molecule has 0 radical (unpaired) electrons. The summed E-state index contributed by atoms with van der Waals surface area (Å²) in [6, 6.07) is 7.61. The van der Waals surface area contributed by atoms with Gasteiger partial charge in [-0.1, -0.05) is 11.6 Å². The minimum atomic E-state index is -0.554. The number of benzene rings is 1. The van der Waals surface area contributed by atoms with E-state index >= 15 is 0 Å². The van der Waals surface area contributed by atoms with Gasteiger partial charge in [-0.3, -0.25) is 14.9 Å². The molecule has 1 saturated carbocycles. The highest BCUT2D eigenvalue weighted by Gasteiger charge is 2.30. The Morgan fingerprint density at radius 2 is 2.04 bits per heavy atom. The fraction of sp³-hybridized carbons (Fsp3) is 0.176. The number of nitrogens with one attached hydrogen (secondary N) is 1. The zero-order chi connectivity index (χ0) is 18.3. The van der Waals surface area contributed by atoms with E-state index in [0.717, 1.165) is 12.8 Å². The summed E-state index contributed by atoms with van der Waals surface area (Å²) < 4.78 is 7.42. The summed E-state index contributed by atoms with van der Waals surface area (Å²) in [5.74, 6) is 1.45. The Morgan fingerprint density at radius 1 is 1.27 bits per heavy atom. The van der Waals surface area contributed by atoms with Crippen LogP contribution in [0.1, 0.15) is 12.8 Å². The van der Waals surface area contributed by atoms with Crippen molar-refractivity contribution in [1.82, 2.24) is 9.38 Å². The topological polar surface area (TPSA) is 98.8 Å². The number of ether oxygens (including phenoxy) is 1. The molecule has 1 N–H and O–H groups in total. The number of rotatable bonds is 5. The van der Waals surface area contributed by atoms with Gasteiger partial charge in [0.05, 0.1) is 17.3 Å². The van der Waals surface area contributed by atoms with Gasteiger partial charge in [0, 0.05) is 18.1 Å². The normalized spacial score (nSPS) is 13.6. The molecule has 1 amide bonds. The number of halogens is 1. The quantitative estimate of drug-likeness (QED) is 0.538. The Kier molecular flexibility index (Phi) is 3.96. The van der Waals surface area contributed by atoms with Crippen LogP contribution in [0.2, 0.25) is 5.02 Å². The van der Waals surface area contributed by atoms with Crippen LogP contribution in [0.15, 0.2) is 42.7 Å². The number of hydrogen-bond donors (Lipinski definition) is 1. The van der Waals surface area contributed by atoms with E-state index < -0.39 is 4.92 Å². The third kappa shape index (κ3) is 3.31. The lowest BCUT2D eigenvalue weighted by molar-refractivity contribution is -0.384. The fourth-order valence-electron chi connectivity index (χ4n) is 2.50. The van der Waals surface area contributed by atoms with Crippen LogP contribution in [-0.2, 0) is 4.79 Å². The molecule has 0 atom stereocenters. The van der Waals surface area contributed by atoms with Crippen molar-refractivity contribution in [3.8, 4) is 11.5 Å². The van der Waals surface area contributed by atoms with Crippen LogP contribution < -0.4 is 10.1 Å². The zero-order valence-corrected chi connectivity index (χ0v) is 14.1. The smallest absolute Gasteiger partial charge is 0.288 e. The summed E-state index contributed by atoms with van der Waals surface area (Å²) in [5, 5.41) is 13.6. The summed E-state index contributed by atoms with van der Waals surface area (Å²) in [7, 11) is 0. The van der Waals surface area contributed by atoms with Crippen molar-refractivity contribution < 1.29 is 14.5 Å². The molecule has 26 heavy (non-hydrogen) atoms. The number of aromatic nitrogens is 2. The Bertz CT molecular complexity index is 1030. The van der Waals surface area contributed by atoms with Crippen LogP contribution in [0.4, 0.5) is 11.5 Å². The van der Waals surface area contributed by atoms with E-state index in [1.165, 1.54) is 18.2 Å². The van der Waals surface area contributed by atoms with Gasteiger partial charge in [0.2, 0.25) is 5.91 Å². The van der Waals surface area contributed by atoms with Crippen LogP contribution in [0.25, 0.3) is 5.65 Å². The van der Waals surface area contributed by atoms with Crippen LogP contribution in [0.3, 0.4) is 0 Å². The van der Waals surface area contributed by atoms with Gasteiger partial charge in [-0.25, -0.2) is 4.98 Å². The highest BCUT2D eigenvalue weighted by molar-refractivity contribution is 6.32. The van der Waals surface area contributed by atoms with Crippen molar-refractivity contribution in [2.45, 2.75) is 12.8 Å². The molecular weight excluding hydrogens is 360 g/mol. The molecule has 132 valence electrons. The number of carbonyl (C=O) groups excluding carboxylic acids is 1. The monoisotopic (exact) mass is 372 g/mol. The summed E-state index contributed by atoms with van der Waals surface area (Å²) in [4.78, 5) is 26.4. The number of pyridine rings is 1. The standard InChI is InChI=1S/C17H13ClN4O4/c18-13-7-11(3-5-14(13)22(24)25)26-12-4-6-16-19-15(9-21(16)8-12)20-17(23)10-1-2-10/h3-10H,1-2H2,(H,20,23). The first-order valence-corrected chi connectivity index (χ1v) is 8.29. The first kappa shape index (κ1) is 16.3. The third-order valence-electron chi connectivity index (χ3n) is 3.97. The second-order valence-corrected chi connectivity index (χ2v) is 6.40. The molecule has 4 rings (SSSR count). The number of nitro benzene ring substituents is 1. The molecule has 1 aromatic carbocycles. The van der Waals surface area contributed by atoms with Crippen molar-refractivity contribution in [1.29, 1.82) is 0 Å². The number of hydrogen-bond acceptors (Lipinski definition) is 5. The third-order valence-corrected chi connectivity index (χ3v) is 4.28. The second kappa shape index (κ2) is 6.30. The number of nitrogens with zero attached hydrogens (tertiary/aromatic N) is 3. The summed E-state index contributed by atoms with van der Waals surface area (Å²) >= 11 is 5.89. The molecule has 0 bridgehead atoms. The number of anilines is 1. The van der Waals surface area contributed by atoms with E-state index in [2.05, 4.69) is 10.3 Å². The number of amides is 1. The highest BCUT2D eigenvalue weighted by Crippen LogP contribution is 2.32. The Balaban J connectivity index is 1.54. The maximum Gasteiger partial charge on any atom is 0.288 e. The number of carbonyl (C=O) groups is 1. The van der Waals surface area contributed by atoms with Crippen LogP contribution in [0.5, 0.6) is 11.5 Å². The lowest BCUT2D eigenvalue weighted by Gasteiger charge is -2.06. The van der Waals surface area contributed by atoms with Gasteiger partial charge in [-0.05, 0) is 31.0 Å². The largest absolute Gasteiger partial charge is 0.456 e. The minimum Gasteiger partial charge on any atom is -0.456 e. The van der Waals surface area contributed by atoms with E-state index in [4.69, 9.17) is 16.3 Å². The predicted molar refractivity (Wildman–Crippen MR) is 94.7 cm³/mol. The molecule has 1 aliphatic carbocycles. The van der Waals surface area contributed by atoms with Gasteiger partial charge in [0.15, 0.2) is 5.82 Å². The van der Waals surface area contributed by atoms with E-state index in [-0.39, 0.29) is 22.5 Å². The molecular formula is C17H13ClN4O4. The molecule has 0 spiro atoms. The lowest BCUT2D eigenvalue weighted by Crippen LogP contribution is -2.13. The van der Waals surface area contributed by atoms with Crippen LogP contribution >= 0.6 is 11.6 Å². The molecule has 0 saturated heterocycles. The Hall–Kier alpha value is -3.13. The molecule has 2 heterocycles. The predicted octanol–water partition coefficient (Wildman–Crippen LogP) is 4.04. The second-order valence-electron chi connectivity index (χ2n) is 5.99. The molecule has 1 aliphatic rings. The highest BCUT2D eigenvalue weighted by atomic mass is 35.5. The molecule has 2 aromatic heterocycles. The van der Waals surface area contributed by atoms with Crippen molar-refractivity contribution in [3.63, 3.8) is 0 Å². The Labute approximate surface area is 152 Å². The van der Waals surface area contributed by atoms with E-state index in [9.17, 15) is 14.9 Å². The van der Waals surface area contributed by atoms with Gasteiger partial charge in [0.1, 0.15) is 22.2 Å². The number of nitro groups is 1. The summed E-state index contributed by atoms with van der Waals surface area (Å²) in [5.41, 5.74) is 0.477. The van der Waals surface area contributed by atoms with E-state index in [0.29, 0.717) is 23.0 Å². The van der Waals surface area contributed by atoms with Crippen molar-refractivity contribution in [2.24, 2.45) is 5.92 Å². The minimum absolute atomic E-state index is 0.00119. The molecule has 1 fully saturated rings. The van der Waals surface area contributed by atoms with E-state index in [1.807, 2.05) is 0 Å². The molecule has 3 aromatic rings. The lowest BCUT2D eigenvalue weighted by atomic mass is 10.3. The average Bonchev–Trinajstić information content (AvgIpc) is 3.36. The van der Waals surface area contributed by atoms with Crippen molar-refractivity contribution >= 4 is 34.7 Å². The average molecular weight is 373 g/mol. The molecule has 0 aliphatic heterocycles. The van der Waals surface area contributed by atoms with E-state index in [1.54, 1.807) is 28.9 Å². The van der Waals surface area contributed by atoms with Gasteiger partial charge in [0.25, 0.3) is 5.69 Å². The van der Waals surface area contributed by atoms with Gasteiger partial charge in [-0.2, -0.15) is 0 Å². The maximum atomic E-state index is 11.8. The molecule has 9 heteroatoms. The first-order valence-electron chi connectivity index (χ1n) is 7.91. The summed E-state index contributed by atoms with van der Waals surface area (Å²) in [6.07, 6.45) is 5.25. The first-order chi connectivity index (χ1) is 12.5. The molecule has 0 unspecified atom stereocenters. The van der Waals surface area contributed by atoms with Crippen molar-refractivity contribution in [3.05, 3.63) is 57.9 Å².